The Hall–Kier alpha value is -3.14. The zero-order valence-corrected chi connectivity index (χ0v) is 23.8. The molecule has 0 spiro atoms. The van der Waals surface area contributed by atoms with Crippen molar-refractivity contribution >= 4 is 45.4 Å². The van der Waals surface area contributed by atoms with Gasteiger partial charge in [-0.2, -0.15) is 4.31 Å². The molecule has 0 saturated carbocycles. The first kappa shape index (κ1) is 27.4. The number of carbonyl (C=O) groups is 1. The molecule has 8 nitrogen and oxygen atoms in total. The molecule has 10 heteroatoms. The van der Waals surface area contributed by atoms with E-state index in [2.05, 4.69) is 5.16 Å². The third-order valence-corrected chi connectivity index (χ3v) is 9.64. The van der Waals surface area contributed by atoms with E-state index in [1.165, 1.54) is 4.31 Å². The lowest BCUT2D eigenvalue weighted by Crippen LogP contribution is -2.48. The summed E-state index contributed by atoms with van der Waals surface area (Å²) >= 11 is 6.23. The normalized spacial score (nSPS) is 18.8. The fourth-order valence-electron chi connectivity index (χ4n) is 5.08. The van der Waals surface area contributed by atoms with Gasteiger partial charge in [-0.05, 0) is 62.9 Å². The molecule has 206 valence electrons. The number of anilines is 1. The minimum absolute atomic E-state index is 0.0276. The van der Waals surface area contributed by atoms with E-state index in [1.807, 2.05) is 38.1 Å². The van der Waals surface area contributed by atoms with Crippen molar-refractivity contribution in [3.63, 3.8) is 0 Å². The Morgan fingerprint density at radius 1 is 1.10 bits per heavy atom. The number of nitrogens with zero attached hydrogens (tertiary/aromatic N) is 3. The maximum Gasteiger partial charge on any atom is 0.248 e. The molecule has 5 rings (SSSR count). The lowest BCUT2D eigenvalue weighted by atomic mass is 9.95. The SMILES string of the molecule is CC[C@@H]1CN(C(=O)C2CCN(S(=O)(=O)c3c(C)noc3/C=C/c3ccc(C)cc3)CC2)c2cc(Cl)ccc2O1. The van der Waals surface area contributed by atoms with Gasteiger partial charge in [-0.3, -0.25) is 4.79 Å². The van der Waals surface area contributed by atoms with Crippen molar-refractivity contribution in [2.45, 2.75) is 51.0 Å². The van der Waals surface area contributed by atoms with Crippen LogP contribution in [0, 0.1) is 19.8 Å². The molecule has 0 N–H and O–H groups in total. The molecule has 1 saturated heterocycles. The maximum atomic E-state index is 13.7. The highest BCUT2D eigenvalue weighted by Crippen LogP contribution is 2.38. The standard InChI is InChI=1S/C29H32ClN3O5S/c1-4-24-18-33(25-17-23(30)10-12-26(25)37-24)29(34)22-13-15-32(16-14-22)39(35,36)28-20(3)31-38-27(28)11-9-21-7-5-19(2)6-8-21/h5-12,17,22,24H,4,13-16,18H2,1-3H3/b11-9+/t24-/m1/s1. The number of aromatic nitrogens is 1. The molecule has 0 unspecified atom stereocenters. The zero-order chi connectivity index (χ0) is 27.7. The van der Waals surface area contributed by atoms with Gasteiger partial charge in [0.1, 0.15) is 17.5 Å². The highest BCUT2D eigenvalue weighted by molar-refractivity contribution is 7.89. The Kier molecular flexibility index (Phi) is 7.84. The van der Waals surface area contributed by atoms with Crippen molar-refractivity contribution in [1.29, 1.82) is 0 Å². The summed E-state index contributed by atoms with van der Waals surface area (Å²) in [5.74, 6) is 0.502. The zero-order valence-electron chi connectivity index (χ0n) is 22.3. The van der Waals surface area contributed by atoms with Gasteiger partial charge in [0.2, 0.25) is 15.9 Å². The monoisotopic (exact) mass is 569 g/mol. The quantitative estimate of drug-likeness (QED) is 0.377. The minimum atomic E-state index is -3.87. The van der Waals surface area contributed by atoms with Crippen molar-refractivity contribution in [3.8, 4) is 5.75 Å². The van der Waals surface area contributed by atoms with Crippen molar-refractivity contribution in [2.75, 3.05) is 24.5 Å². The number of amides is 1. The van der Waals surface area contributed by atoms with Crippen LogP contribution in [0.25, 0.3) is 12.2 Å². The topological polar surface area (TPSA) is 93.0 Å². The summed E-state index contributed by atoms with van der Waals surface area (Å²) in [7, 11) is -3.87. The van der Waals surface area contributed by atoms with Gasteiger partial charge in [0.15, 0.2) is 10.7 Å². The number of sulfonamides is 1. The summed E-state index contributed by atoms with van der Waals surface area (Å²) in [4.78, 5) is 15.5. The molecule has 0 bridgehead atoms. The van der Waals surface area contributed by atoms with Crippen LogP contribution in [-0.4, -0.2) is 49.5 Å². The van der Waals surface area contributed by atoms with E-state index in [9.17, 15) is 13.2 Å². The largest absolute Gasteiger partial charge is 0.486 e. The first-order valence-electron chi connectivity index (χ1n) is 13.2. The van der Waals surface area contributed by atoms with Crippen LogP contribution < -0.4 is 9.64 Å². The fraction of sp³-hybridized carbons (Fsp3) is 0.379. The van der Waals surface area contributed by atoms with Crippen molar-refractivity contribution in [2.24, 2.45) is 5.92 Å². The van der Waals surface area contributed by atoms with Gasteiger partial charge >= 0.3 is 0 Å². The number of carbonyl (C=O) groups excluding carboxylic acids is 1. The Balaban J connectivity index is 1.31. The summed E-state index contributed by atoms with van der Waals surface area (Å²) in [6, 6.07) is 13.2. The van der Waals surface area contributed by atoms with E-state index < -0.39 is 10.0 Å². The van der Waals surface area contributed by atoms with Gasteiger partial charge in [-0.25, -0.2) is 8.42 Å². The number of hydrogen-bond acceptors (Lipinski definition) is 6. The fourth-order valence-corrected chi connectivity index (χ4v) is 6.97. The van der Waals surface area contributed by atoms with Crippen molar-refractivity contribution in [3.05, 3.63) is 70.1 Å². The second-order valence-electron chi connectivity index (χ2n) is 10.1. The minimum Gasteiger partial charge on any atom is -0.486 e. The summed E-state index contributed by atoms with van der Waals surface area (Å²) in [6.07, 6.45) is 4.94. The molecular weight excluding hydrogens is 538 g/mol. The number of rotatable bonds is 6. The van der Waals surface area contributed by atoms with Crippen LogP contribution in [0.5, 0.6) is 5.75 Å². The molecular formula is C29H32ClN3O5S. The smallest absolute Gasteiger partial charge is 0.248 e. The molecule has 1 amide bonds. The Bertz CT molecular complexity index is 1490. The average molecular weight is 570 g/mol. The predicted octanol–water partition coefficient (Wildman–Crippen LogP) is 5.72. The van der Waals surface area contributed by atoms with Crippen LogP contribution in [0.4, 0.5) is 5.69 Å². The third kappa shape index (κ3) is 5.62. The highest BCUT2D eigenvalue weighted by atomic mass is 35.5. The molecule has 2 aliphatic heterocycles. The van der Waals surface area contributed by atoms with E-state index in [0.29, 0.717) is 41.5 Å². The number of benzene rings is 2. The lowest BCUT2D eigenvalue weighted by molar-refractivity contribution is -0.124. The molecule has 2 aromatic carbocycles. The molecule has 1 fully saturated rings. The Morgan fingerprint density at radius 2 is 1.82 bits per heavy atom. The van der Waals surface area contributed by atoms with Gasteiger partial charge in [-0.15, -0.1) is 0 Å². The number of hydrogen-bond donors (Lipinski definition) is 0. The second-order valence-corrected chi connectivity index (χ2v) is 12.4. The number of ether oxygens (including phenoxy) is 1. The van der Waals surface area contributed by atoms with Gasteiger partial charge in [0, 0.05) is 24.0 Å². The van der Waals surface area contributed by atoms with E-state index >= 15 is 0 Å². The molecule has 3 aromatic rings. The maximum absolute atomic E-state index is 13.7. The van der Waals surface area contributed by atoms with E-state index in [-0.39, 0.29) is 41.7 Å². The summed E-state index contributed by atoms with van der Waals surface area (Å²) in [6.45, 7) is 6.56. The van der Waals surface area contributed by atoms with Gasteiger partial charge in [-0.1, -0.05) is 59.6 Å². The van der Waals surface area contributed by atoms with Gasteiger partial charge < -0.3 is 14.2 Å². The predicted molar refractivity (Wildman–Crippen MR) is 151 cm³/mol. The van der Waals surface area contributed by atoms with Crippen molar-refractivity contribution < 1.29 is 22.5 Å². The molecule has 2 aliphatic rings. The first-order valence-corrected chi connectivity index (χ1v) is 15.0. The number of aryl methyl sites for hydroxylation is 2. The van der Waals surface area contributed by atoms with Crippen LogP contribution in [0.2, 0.25) is 5.02 Å². The number of halogens is 1. The Morgan fingerprint density at radius 3 is 2.51 bits per heavy atom. The van der Waals surface area contributed by atoms with E-state index in [4.69, 9.17) is 20.9 Å². The molecule has 39 heavy (non-hydrogen) atoms. The van der Waals surface area contributed by atoms with Gasteiger partial charge in [0.05, 0.1) is 12.2 Å². The van der Waals surface area contributed by atoms with Gasteiger partial charge in [0.25, 0.3) is 0 Å². The first-order chi connectivity index (χ1) is 18.7. The van der Waals surface area contributed by atoms with Crippen LogP contribution in [0.15, 0.2) is 51.9 Å². The van der Waals surface area contributed by atoms with Crippen LogP contribution in [0.1, 0.15) is 48.8 Å². The lowest BCUT2D eigenvalue weighted by Gasteiger charge is -2.38. The van der Waals surface area contributed by atoms with Crippen molar-refractivity contribution in [1.82, 2.24) is 9.46 Å². The molecule has 1 aromatic heterocycles. The summed E-state index contributed by atoms with van der Waals surface area (Å²) in [5, 5.41) is 4.47. The number of piperidine rings is 1. The highest BCUT2D eigenvalue weighted by Gasteiger charge is 2.39. The average Bonchev–Trinajstić information content (AvgIpc) is 3.32. The molecule has 1 atom stereocenters. The summed E-state index contributed by atoms with van der Waals surface area (Å²) < 4.78 is 40.2. The Labute approximate surface area is 234 Å². The molecule has 0 radical (unpaired) electrons. The van der Waals surface area contributed by atoms with E-state index in [1.54, 1.807) is 42.2 Å². The second kappa shape index (κ2) is 11.2. The van der Waals surface area contributed by atoms with Crippen LogP contribution in [-0.2, 0) is 14.8 Å². The van der Waals surface area contributed by atoms with Crippen LogP contribution >= 0.6 is 11.6 Å². The van der Waals surface area contributed by atoms with E-state index in [0.717, 1.165) is 17.5 Å². The van der Waals surface area contributed by atoms with Crippen LogP contribution in [0.3, 0.4) is 0 Å². The summed E-state index contributed by atoms with van der Waals surface area (Å²) in [5.41, 5.74) is 3.04. The molecule has 3 heterocycles. The molecule has 0 aliphatic carbocycles. The third-order valence-electron chi connectivity index (χ3n) is 7.35. The number of fused-ring (bicyclic) bond motifs is 1.